The maximum atomic E-state index is 12.4. The molecule has 1 aliphatic rings. The van der Waals surface area contributed by atoms with E-state index in [1.807, 2.05) is 47.4 Å². The predicted octanol–water partition coefficient (Wildman–Crippen LogP) is 2.81. The van der Waals surface area contributed by atoms with Gasteiger partial charge in [0.2, 0.25) is 0 Å². The van der Waals surface area contributed by atoms with Gasteiger partial charge in [-0.3, -0.25) is 4.79 Å². The first kappa shape index (κ1) is 14.1. The molecule has 0 spiro atoms. The van der Waals surface area contributed by atoms with E-state index in [-0.39, 0.29) is 5.91 Å². The van der Waals surface area contributed by atoms with Gasteiger partial charge in [0, 0.05) is 37.9 Å². The van der Waals surface area contributed by atoms with Crippen molar-refractivity contribution < 1.29 is 4.79 Å². The Labute approximate surface area is 132 Å². The summed E-state index contributed by atoms with van der Waals surface area (Å²) in [4.78, 5) is 20.9. The van der Waals surface area contributed by atoms with Crippen LogP contribution in [0.25, 0.3) is 0 Å². The van der Waals surface area contributed by atoms with Crippen molar-refractivity contribution in [2.75, 3.05) is 31.1 Å². The fourth-order valence-corrected chi connectivity index (χ4v) is 3.00. The standard InChI is InChI=1S/C16H16BrN3O/c17-14-7-4-8-18-15(14)19-9-11-20(12-10-19)16(21)13-5-2-1-3-6-13/h1-8H,9-12H2. The van der Waals surface area contributed by atoms with Gasteiger partial charge in [0.25, 0.3) is 5.91 Å². The molecule has 5 heteroatoms. The molecule has 0 saturated carbocycles. The molecule has 0 radical (unpaired) electrons. The van der Waals surface area contributed by atoms with Crippen LogP contribution in [0.2, 0.25) is 0 Å². The number of aromatic nitrogens is 1. The summed E-state index contributed by atoms with van der Waals surface area (Å²) in [5.41, 5.74) is 0.755. The minimum absolute atomic E-state index is 0.107. The molecule has 108 valence electrons. The zero-order valence-electron chi connectivity index (χ0n) is 11.6. The second-order valence-corrected chi connectivity index (χ2v) is 5.81. The van der Waals surface area contributed by atoms with Crippen molar-refractivity contribution >= 4 is 27.7 Å². The average Bonchev–Trinajstić information content (AvgIpc) is 2.56. The lowest BCUT2D eigenvalue weighted by Crippen LogP contribution is -2.49. The largest absolute Gasteiger partial charge is 0.352 e. The summed E-state index contributed by atoms with van der Waals surface area (Å²) >= 11 is 3.53. The van der Waals surface area contributed by atoms with Crippen LogP contribution in [0.4, 0.5) is 5.82 Å². The molecule has 0 N–H and O–H groups in total. The molecule has 0 atom stereocenters. The van der Waals surface area contributed by atoms with Crippen molar-refractivity contribution in [1.82, 2.24) is 9.88 Å². The second kappa shape index (κ2) is 6.26. The van der Waals surface area contributed by atoms with Crippen molar-refractivity contribution in [3.05, 3.63) is 58.7 Å². The van der Waals surface area contributed by atoms with Crippen LogP contribution in [0.5, 0.6) is 0 Å². The van der Waals surface area contributed by atoms with Crippen LogP contribution < -0.4 is 4.90 Å². The summed E-state index contributed by atoms with van der Waals surface area (Å²) in [5.74, 6) is 1.06. The van der Waals surface area contributed by atoms with Gasteiger partial charge in [-0.1, -0.05) is 18.2 Å². The normalized spacial score (nSPS) is 15.1. The second-order valence-electron chi connectivity index (χ2n) is 4.95. The van der Waals surface area contributed by atoms with Crippen molar-refractivity contribution in [2.45, 2.75) is 0 Å². The van der Waals surface area contributed by atoms with Crippen LogP contribution in [0.3, 0.4) is 0 Å². The van der Waals surface area contributed by atoms with Crippen LogP contribution in [0.1, 0.15) is 10.4 Å². The summed E-state index contributed by atoms with van der Waals surface area (Å²) in [6.45, 7) is 3.04. The molecule has 0 bridgehead atoms. The Morgan fingerprint density at radius 1 is 1.00 bits per heavy atom. The zero-order chi connectivity index (χ0) is 14.7. The summed E-state index contributed by atoms with van der Waals surface area (Å²) in [6, 6.07) is 13.3. The molecule has 0 unspecified atom stereocenters. The molecule has 0 aliphatic carbocycles. The van der Waals surface area contributed by atoms with Crippen molar-refractivity contribution in [2.24, 2.45) is 0 Å². The van der Waals surface area contributed by atoms with Crippen LogP contribution in [0.15, 0.2) is 53.1 Å². The van der Waals surface area contributed by atoms with Gasteiger partial charge < -0.3 is 9.80 Å². The molecule has 1 aromatic heterocycles. The molecule has 1 aliphatic heterocycles. The van der Waals surface area contributed by atoms with Crippen LogP contribution in [0, 0.1) is 0 Å². The quantitative estimate of drug-likeness (QED) is 0.839. The van der Waals surface area contributed by atoms with Crippen LogP contribution >= 0.6 is 15.9 Å². The summed E-state index contributed by atoms with van der Waals surface area (Å²) in [7, 11) is 0. The number of benzene rings is 1. The van der Waals surface area contributed by atoms with Gasteiger partial charge in [-0.2, -0.15) is 0 Å². The molecule has 1 saturated heterocycles. The van der Waals surface area contributed by atoms with Gasteiger partial charge >= 0.3 is 0 Å². The van der Waals surface area contributed by atoms with Gasteiger partial charge in [0.15, 0.2) is 0 Å². The van der Waals surface area contributed by atoms with E-state index in [0.717, 1.165) is 42.0 Å². The van der Waals surface area contributed by atoms with Gasteiger partial charge in [-0.25, -0.2) is 4.98 Å². The number of amides is 1. The molecule has 3 rings (SSSR count). The minimum Gasteiger partial charge on any atom is -0.352 e. The first-order chi connectivity index (χ1) is 10.3. The number of carbonyl (C=O) groups is 1. The highest BCUT2D eigenvalue weighted by Gasteiger charge is 2.23. The van der Waals surface area contributed by atoms with Gasteiger partial charge in [0.05, 0.1) is 4.47 Å². The van der Waals surface area contributed by atoms with Gasteiger partial charge in [-0.05, 0) is 40.2 Å². The molecule has 1 fully saturated rings. The number of halogens is 1. The highest BCUT2D eigenvalue weighted by molar-refractivity contribution is 9.10. The Morgan fingerprint density at radius 3 is 2.38 bits per heavy atom. The molecular weight excluding hydrogens is 330 g/mol. The fraction of sp³-hybridized carbons (Fsp3) is 0.250. The summed E-state index contributed by atoms with van der Waals surface area (Å²) in [6.07, 6.45) is 1.79. The van der Waals surface area contributed by atoms with Crippen LogP contribution in [-0.4, -0.2) is 42.0 Å². The Hall–Kier alpha value is -1.88. The number of carbonyl (C=O) groups excluding carboxylic acids is 1. The fourth-order valence-electron chi connectivity index (χ4n) is 2.49. The highest BCUT2D eigenvalue weighted by atomic mass is 79.9. The monoisotopic (exact) mass is 345 g/mol. The molecule has 2 heterocycles. The Morgan fingerprint density at radius 2 is 1.71 bits per heavy atom. The first-order valence-electron chi connectivity index (χ1n) is 6.95. The van der Waals surface area contributed by atoms with E-state index in [2.05, 4.69) is 25.8 Å². The van der Waals surface area contributed by atoms with Crippen molar-refractivity contribution in [3.63, 3.8) is 0 Å². The van der Waals surface area contributed by atoms with E-state index in [1.54, 1.807) is 6.20 Å². The predicted molar refractivity (Wildman–Crippen MR) is 86.5 cm³/mol. The SMILES string of the molecule is O=C(c1ccccc1)N1CCN(c2ncccc2Br)CC1. The molecule has 1 amide bonds. The van der Waals surface area contributed by atoms with E-state index in [4.69, 9.17) is 0 Å². The van der Waals surface area contributed by atoms with E-state index < -0.39 is 0 Å². The van der Waals surface area contributed by atoms with E-state index in [1.165, 1.54) is 0 Å². The number of nitrogens with zero attached hydrogens (tertiary/aromatic N) is 3. The van der Waals surface area contributed by atoms with Gasteiger partial charge in [0.1, 0.15) is 5.82 Å². The van der Waals surface area contributed by atoms with E-state index in [9.17, 15) is 4.79 Å². The number of anilines is 1. The molecule has 4 nitrogen and oxygen atoms in total. The maximum absolute atomic E-state index is 12.4. The number of hydrogen-bond donors (Lipinski definition) is 0. The Bertz CT molecular complexity index is 624. The smallest absolute Gasteiger partial charge is 0.253 e. The lowest BCUT2D eigenvalue weighted by molar-refractivity contribution is 0.0746. The molecule has 21 heavy (non-hydrogen) atoms. The number of piperazine rings is 1. The molecule has 2 aromatic rings. The van der Waals surface area contributed by atoms with Crippen molar-refractivity contribution in [3.8, 4) is 0 Å². The number of pyridine rings is 1. The number of rotatable bonds is 2. The Balaban J connectivity index is 1.66. The average molecular weight is 346 g/mol. The molecule has 1 aromatic carbocycles. The first-order valence-corrected chi connectivity index (χ1v) is 7.75. The Kier molecular flexibility index (Phi) is 4.20. The third-order valence-corrected chi connectivity index (χ3v) is 4.25. The van der Waals surface area contributed by atoms with Gasteiger partial charge in [-0.15, -0.1) is 0 Å². The highest BCUT2D eigenvalue weighted by Crippen LogP contribution is 2.24. The number of hydrogen-bond acceptors (Lipinski definition) is 3. The van der Waals surface area contributed by atoms with E-state index in [0.29, 0.717) is 0 Å². The topological polar surface area (TPSA) is 36.4 Å². The van der Waals surface area contributed by atoms with E-state index >= 15 is 0 Å². The zero-order valence-corrected chi connectivity index (χ0v) is 13.2. The lowest BCUT2D eigenvalue weighted by atomic mass is 10.2. The summed E-state index contributed by atoms with van der Waals surface area (Å²) < 4.78 is 0.993. The maximum Gasteiger partial charge on any atom is 0.253 e. The summed E-state index contributed by atoms with van der Waals surface area (Å²) in [5, 5.41) is 0. The third-order valence-electron chi connectivity index (χ3n) is 3.63. The minimum atomic E-state index is 0.107. The third kappa shape index (κ3) is 3.08. The van der Waals surface area contributed by atoms with Crippen molar-refractivity contribution in [1.29, 1.82) is 0 Å². The molecular formula is C16H16BrN3O. The van der Waals surface area contributed by atoms with Crippen LogP contribution in [-0.2, 0) is 0 Å². The lowest BCUT2D eigenvalue weighted by Gasteiger charge is -2.35.